The quantitative estimate of drug-likeness (QED) is 0.448. The van der Waals surface area contributed by atoms with Crippen LogP contribution < -0.4 is 10.2 Å². The summed E-state index contributed by atoms with van der Waals surface area (Å²) in [5, 5.41) is 18.0. The van der Waals surface area contributed by atoms with Crippen molar-refractivity contribution in [1.29, 1.82) is 0 Å². The van der Waals surface area contributed by atoms with Crippen molar-refractivity contribution in [2.75, 3.05) is 36.5 Å². The Morgan fingerprint density at radius 1 is 1.06 bits per heavy atom. The Morgan fingerprint density at radius 2 is 1.91 bits per heavy atom. The maximum atomic E-state index is 11.1. The lowest BCUT2D eigenvalue weighted by Gasteiger charge is -2.27. The number of benzene rings is 1. The molecule has 4 aromatic rings. The Morgan fingerprint density at radius 3 is 2.65 bits per heavy atom. The van der Waals surface area contributed by atoms with Crippen molar-refractivity contribution in [2.24, 2.45) is 0 Å². The maximum absolute atomic E-state index is 11.1. The van der Waals surface area contributed by atoms with E-state index in [9.17, 15) is 4.79 Å². The number of morpholine rings is 1. The molecule has 6 rings (SSSR count). The molecule has 1 saturated carbocycles. The Kier molecular flexibility index (Phi) is 5.06. The molecule has 0 amide bonds. The third-order valence-electron chi connectivity index (χ3n) is 6.05. The highest BCUT2D eigenvalue weighted by Crippen LogP contribution is 2.37. The summed E-state index contributed by atoms with van der Waals surface area (Å²) in [5.74, 6) is 0.156. The van der Waals surface area contributed by atoms with Crippen LogP contribution in [0.25, 0.3) is 22.2 Å². The number of rotatable bonds is 6. The first kappa shape index (κ1) is 20.5. The Hall–Kier alpha value is -4.05. The fraction of sp³-hybridized carbons (Fsp3) is 0.292. The van der Waals surface area contributed by atoms with Gasteiger partial charge in [-0.15, -0.1) is 0 Å². The van der Waals surface area contributed by atoms with Crippen molar-refractivity contribution in [1.82, 2.24) is 24.7 Å². The summed E-state index contributed by atoms with van der Waals surface area (Å²) in [7, 11) is 0. The molecule has 2 aliphatic rings. The SMILES string of the molecule is O=C(O)c1ccc(Nc2cc(-c3ccc4c(cnn4C4CC4)c3)nc(N3CCOCC3)n2)cn1. The number of pyridine rings is 1. The number of aromatic nitrogens is 5. The molecular formula is C24H23N7O3. The molecule has 1 aliphatic carbocycles. The summed E-state index contributed by atoms with van der Waals surface area (Å²) in [6.07, 6.45) is 5.77. The standard InChI is InChI=1S/C24H23N7O3/c32-23(33)19-5-2-17(14-25-19)27-22-12-20(28-24(29-22)30-7-9-34-10-8-30)15-1-6-21-16(11-15)13-26-31(21)18-3-4-18/h1-2,5-6,11-14,18H,3-4,7-10H2,(H,32,33)(H,27,28,29). The van der Waals surface area contributed by atoms with Crippen molar-refractivity contribution in [3.05, 3.63) is 54.5 Å². The maximum Gasteiger partial charge on any atom is 0.354 e. The van der Waals surface area contributed by atoms with Crippen LogP contribution in [-0.4, -0.2) is 62.1 Å². The van der Waals surface area contributed by atoms with Gasteiger partial charge in [0.1, 0.15) is 11.5 Å². The van der Waals surface area contributed by atoms with E-state index < -0.39 is 5.97 Å². The Labute approximate surface area is 195 Å². The molecule has 0 unspecified atom stereocenters. The zero-order valence-corrected chi connectivity index (χ0v) is 18.4. The molecule has 0 spiro atoms. The molecule has 10 nitrogen and oxygen atoms in total. The fourth-order valence-corrected chi connectivity index (χ4v) is 4.12. The van der Waals surface area contributed by atoms with Gasteiger partial charge in [0.05, 0.1) is 48.5 Å². The molecule has 0 radical (unpaired) electrons. The lowest BCUT2D eigenvalue weighted by atomic mass is 10.1. The number of nitrogens with zero attached hydrogens (tertiary/aromatic N) is 6. The summed E-state index contributed by atoms with van der Waals surface area (Å²) < 4.78 is 7.60. The molecule has 2 fully saturated rings. The number of carboxylic acid groups (broad SMARTS) is 1. The fourth-order valence-electron chi connectivity index (χ4n) is 4.12. The van der Waals surface area contributed by atoms with Gasteiger partial charge < -0.3 is 20.1 Å². The van der Waals surface area contributed by atoms with Gasteiger partial charge in [-0.25, -0.2) is 14.8 Å². The molecule has 172 valence electrons. The topological polar surface area (TPSA) is 118 Å². The lowest BCUT2D eigenvalue weighted by Crippen LogP contribution is -2.37. The van der Waals surface area contributed by atoms with E-state index in [0.717, 1.165) is 22.2 Å². The van der Waals surface area contributed by atoms with E-state index >= 15 is 0 Å². The van der Waals surface area contributed by atoms with Crippen LogP contribution in [0.1, 0.15) is 29.4 Å². The second-order valence-electron chi connectivity index (χ2n) is 8.49. The number of carbonyl (C=O) groups is 1. The number of aromatic carboxylic acids is 1. The monoisotopic (exact) mass is 457 g/mol. The first-order chi connectivity index (χ1) is 16.6. The molecule has 34 heavy (non-hydrogen) atoms. The van der Waals surface area contributed by atoms with Gasteiger partial charge in [0.2, 0.25) is 5.95 Å². The molecule has 0 atom stereocenters. The van der Waals surface area contributed by atoms with Crippen molar-refractivity contribution in [3.63, 3.8) is 0 Å². The molecule has 1 saturated heterocycles. The zero-order valence-electron chi connectivity index (χ0n) is 18.4. The Balaban J connectivity index is 1.37. The van der Waals surface area contributed by atoms with Gasteiger partial charge in [-0.3, -0.25) is 4.68 Å². The van der Waals surface area contributed by atoms with E-state index in [-0.39, 0.29) is 5.69 Å². The summed E-state index contributed by atoms with van der Waals surface area (Å²) >= 11 is 0. The Bertz CT molecular complexity index is 1360. The molecule has 1 aromatic carbocycles. The number of nitrogens with one attached hydrogen (secondary N) is 1. The number of anilines is 3. The predicted molar refractivity (Wildman–Crippen MR) is 127 cm³/mol. The first-order valence-corrected chi connectivity index (χ1v) is 11.3. The summed E-state index contributed by atoms with van der Waals surface area (Å²) in [6.45, 7) is 2.68. The van der Waals surface area contributed by atoms with E-state index in [0.29, 0.717) is 49.8 Å². The van der Waals surface area contributed by atoms with Crippen molar-refractivity contribution < 1.29 is 14.6 Å². The van der Waals surface area contributed by atoms with Gasteiger partial charge in [0, 0.05) is 30.1 Å². The largest absolute Gasteiger partial charge is 0.477 e. The van der Waals surface area contributed by atoms with E-state index in [1.54, 1.807) is 6.07 Å². The summed E-state index contributed by atoms with van der Waals surface area (Å²) in [5.41, 5.74) is 3.53. The molecule has 1 aliphatic heterocycles. The minimum absolute atomic E-state index is 0.0111. The normalized spacial score (nSPS) is 16.1. The van der Waals surface area contributed by atoms with E-state index in [4.69, 9.17) is 19.8 Å². The van der Waals surface area contributed by atoms with Crippen LogP contribution >= 0.6 is 0 Å². The smallest absolute Gasteiger partial charge is 0.354 e. The highest BCUT2D eigenvalue weighted by atomic mass is 16.5. The second-order valence-corrected chi connectivity index (χ2v) is 8.49. The van der Waals surface area contributed by atoms with Crippen LogP contribution in [0.2, 0.25) is 0 Å². The van der Waals surface area contributed by atoms with Gasteiger partial charge in [-0.05, 0) is 37.1 Å². The lowest BCUT2D eigenvalue weighted by molar-refractivity contribution is 0.0690. The molecule has 3 aromatic heterocycles. The van der Waals surface area contributed by atoms with Crippen LogP contribution in [0.15, 0.2) is 48.8 Å². The average molecular weight is 457 g/mol. The number of hydrogen-bond acceptors (Lipinski definition) is 8. The van der Waals surface area contributed by atoms with Gasteiger partial charge in [-0.2, -0.15) is 10.1 Å². The van der Waals surface area contributed by atoms with Crippen molar-refractivity contribution in [2.45, 2.75) is 18.9 Å². The summed E-state index contributed by atoms with van der Waals surface area (Å²) in [4.78, 5) is 26.8. The number of hydrogen-bond donors (Lipinski definition) is 2. The number of ether oxygens (including phenoxy) is 1. The van der Waals surface area contributed by atoms with E-state index in [1.807, 2.05) is 12.3 Å². The molecule has 0 bridgehead atoms. The summed E-state index contributed by atoms with van der Waals surface area (Å²) in [6, 6.07) is 11.8. The van der Waals surface area contributed by atoms with E-state index in [1.165, 1.54) is 25.1 Å². The van der Waals surface area contributed by atoms with Crippen molar-refractivity contribution >= 4 is 34.3 Å². The highest BCUT2D eigenvalue weighted by molar-refractivity contribution is 5.86. The molecule has 2 N–H and O–H groups in total. The third kappa shape index (κ3) is 4.03. The minimum atomic E-state index is -1.06. The molecule has 10 heteroatoms. The third-order valence-corrected chi connectivity index (χ3v) is 6.05. The average Bonchev–Trinajstić information content (AvgIpc) is 3.63. The van der Waals surface area contributed by atoms with Crippen LogP contribution in [0.4, 0.5) is 17.5 Å². The predicted octanol–water partition coefficient (Wildman–Crippen LogP) is 3.50. The molecule has 4 heterocycles. The van der Waals surface area contributed by atoms with Gasteiger partial charge in [0.15, 0.2) is 0 Å². The first-order valence-electron chi connectivity index (χ1n) is 11.3. The minimum Gasteiger partial charge on any atom is -0.477 e. The molecular weight excluding hydrogens is 434 g/mol. The van der Waals surface area contributed by atoms with Gasteiger partial charge in [-0.1, -0.05) is 6.07 Å². The van der Waals surface area contributed by atoms with Crippen LogP contribution in [0.3, 0.4) is 0 Å². The number of fused-ring (bicyclic) bond motifs is 1. The zero-order chi connectivity index (χ0) is 23.1. The van der Waals surface area contributed by atoms with Crippen LogP contribution in [0, 0.1) is 0 Å². The van der Waals surface area contributed by atoms with Crippen molar-refractivity contribution in [3.8, 4) is 11.3 Å². The van der Waals surface area contributed by atoms with E-state index in [2.05, 4.69) is 43.2 Å². The van der Waals surface area contributed by atoms with Crippen LogP contribution in [0.5, 0.6) is 0 Å². The number of carboxylic acids is 1. The van der Waals surface area contributed by atoms with Gasteiger partial charge in [0.25, 0.3) is 0 Å². The highest BCUT2D eigenvalue weighted by Gasteiger charge is 2.26. The van der Waals surface area contributed by atoms with Gasteiger partial charge >= 0.3 is 5.97 Å². The van der Waals surface area contributed by atoms with Crippen LogP contribution in [-0.2, 0) is 4.74 Å². The second kappa shape index (κ2) is 8.38.